The second-order valence-corrected chi connectivity index (χ2v) is 4.88. The summed E-state index contributed by atoms with van der Waals surface area (Å²) in [4.78, 5) is 27.0. The maximum absolute atomic E-state index is 12.1. The molecule has 1 aliphatic heterocycles. The van der Waals surface area contributed by atoms with Crippen LogP contribution in [0.25, 0.3) is 0 Å². The number of hydrogen-bond donors (Lipinski definition) is 2. The molecule has 1 fully saturated rings. The van der Waals surface area contributed by atoms with Crippen molar-refractivity contribution in [2.75, 3.05) is 46.3 Å². The van der Waals surface area contributed by atoms with Gasteiger partial charge in [-0.1, -0.05) is 0 Å². The summed E-state index contributed by atoms with van der Waals surface area (Å²) in [6.07, 6.45) is 1.27. The number of likely N-dealkylation sites (N-methyl/N-ethyl adjacent to an activating group) is 1. The van der Waals surface area contributed by atoms with E-state index in [9.17, 15) is 9.59 Å². The van der Waals surface area contributed by atoms with Crippen LogP contribution in [-0.2, 0) is 0 Å². The second-order valence-electron chi connectivity index (χ2n) is 4.88. The second kappa shape index (κ2) is 6.53. The topological polar surface area (TPSA) is 91.8 Å². The Balaban J connectivity index is 1.85. The average molecular weight is 280 g/mol. The molecule has 1 saturated heterocycles. The SMILES string of the molecule is CN(CCN1CCNCC1)C(=O)c1coc(C(N)=O)c1. The fourth-order valence-corrected chi connectivity index (χ4v) is 2.13. The third kappa shape index (κ3) is 3.58. The Morgan fingerprint density at radius 2 is 2.15 bits per heavy atom. The van der Waals surface area contributed by atoms with E-state index in [1.807, 2.05) is 0 Å². The predicted molar refractivity (Wildman–Crippen MR) is 73.5 cm³/mol. The van der Waals surface area contributed by atoms with E-state index in [2.05, 4.69) is 10.2 Å². The summed E-state index contributed by atoms with van der Waals surface area (Å²) in [6.45, 7) is 5.45. The van der Waals surface area contributed by atoms with Gasteiger partial charge in [-0.3, -0.25) is 14.5 Å². The van der Waals surface area contributed by atoms with Gasteiger partial charge in [0.2, 0.25) is 0 Å². The minimum absolute atomic E-state index is 0.00357. The number of carbonyl (C=O) groups is 2. The molecule has 1 aromatic heterocycles. The van der Waals surface area contributed by atoms with Gasteiger partial charge >= 0.3 is 0 Å². The fourth-order valence-electron chi connectivity index (χ4n) is 2.13. The lowest BCUT2D eigenvalue weighted by Gasteiger charge is -2.29. The van der Waals surface area contributed by atoms with E-state index < -0.39 is 5.91 Å². The van der Waals surface area contributed by atoms with Gasteiger partial charge in [0.1, 0.15) is 6.26 Å². The average Bonchev–Trinajstić information content (AvgIpc) is 2.95. The van der Waals surface area contributed by atoms with Gasteiger partial charge in [-0.15, -0.1) is 0 Å². The van der Waals surface area contributed by atoms with Crippen LogP contribution in [0.15, 0.2) is 16.7 Å². The van der Waals surface area contributed by atoms with Crippen molar-refractivity contribution in [1.29, 1.82) is 0 Å². The van der Waals surface area contributed by atoms with Crippen LogP contribution < -0.4 is 11.1 Å². The molecule has 2 heterocycles. The van der Waals surface area contributed by atoms with Gasteiger partial charge in [-0.2, -0.15) is 0 Å². The van der Waals surface area contributed by atoms with Crippen molar-refractivity contribution in [2.24, 2.45) is 5.73 Å². The number of amides is 2. The molecule has 0 aliphatic carbocycles. The number of carbonyl (C=O) groups excluding carboxylic acids is 2. The number of furan rings is 1. The van der Waals surface area contributed by atoms with Gasteiger partial charge in [0.05, 0.1) is 5.56 Å². The summed E-state index contributed by atoms with van der Waals surface area (Å²) in [5.74, 6) is -0.840. The van der Waals surface area contributed by atoms with Crippen molar-refractivity contribution in [3.05, 3.63) is 23.7 Å². The zero-order chi connectivity index (χ0) is 14.5. The van der Waals surface area contributed by atoms with Crippen LogP contribution in [0.2, 0.25) is 0 Å². The van der Waals surface area contributed by atoms with Gasteiger partial charge in [-0.05, 0) is 0 Å². The molecule has 7 nitrogen and oxygen atoms in total. The Hall–Kier alpha value is -1.86. The Bertz CT molecular complexity index is 480. The monoisotopic (exact) mass is 280 g/mol. The minimum atomic E-state index is -0.674. The quantitative estimate of drug-likeness (QED) is 0.748. The van der Waals surface area contributed by atoms with Crippen LogP contribution in [0, 0.1) is 0 Å². The van der Waals surface area contributed by atoms with Crippen LogP contribution in [0.1, 0.15) is 20.9 Å². The lowest BCUT2D eigenvalue weighted by Crippen LogP contribution is -2.46. The Labute approximate surface area is 117 Å². The summed E-state index contributed by atoms with van der Waals surface area (Å²) < 4.78 is 4.95. The molecule has 0 saturated carbocycles. The van der Waals surface area contributed by atoms with Crippen molar-refractivity contribution in [1.82, 2.24) is 15.1 Å². The van der Waals surface area contributed by atoms with Crippen molar-refractivity contribution in [2.45, 2.75) is 0 Å². The van der Waals surface area contributed by atoms with Crippen LogP contribution in [0.4, 0.5) is 0 Å². The van der Waals surface area contributed by atoms with E-state index in [4.69, 9.17) is 10.2 Å². The molecule has 0 aromatic carbocycles. The molecule has 1 aliphatic rings. The summed E-state index contributed by atoms with van der Waals surface area (Å²) in [7, 11) is 1.74. The maximum atomic E-state index is 12.1. The normalized spacial score (nSPS) is 16.1. The summed E-state index contributed by atoms with van der Waals surface area (Å²) >= 11 is 0. The van der Waals surface area contributed by atoms with E-state index in [-0.39, 0.29) is 11.7 Å². The van der Waals surface area contributed by atoms with Crippen molar-refractivity contribution in [3.8, 4) is 0 Å². The molecule has 7 heteroatoms. The molecule has 0 spiro atoms. The van der Waals surface area contributed by atoms with Crippen molar-refractivity contribution >= 4 is 11.8 Å². The van der Waals surface area contributed by atoms with E-state index in [1.165, 1.54) is 12.3 Å². The molecule has 0 unspecified atom stereocenters. The van der Waals surface area contributed by atoms with Gasteiger partial charge in [0, 0.05) is 52.4 Å². The molecule has 0 bridgehead atoms. The zero-order valence-corrected chi connectivity index (χ0v) is 11.6. The number of hydrogen-bond acceptors (Lipinski definition) is 5. The number of primary amides is 1. The lowest BCUT2D eigenvalue weighted by atomic mass is 10.2. The van der Waals surface area contributed by atoms with Crippen molar-refractivity contribution < 1.29 is 14.0 Å². The summed E-state index contributed by atoms with van der Waals surface area (Å²) in [5.41, 5.74) is 5.44. The number of nitrogens with zero attached hydrogens (tertiary/aromatic N) is 2. The van der Waals surface area contributed by atoms with Crippen LogP contribution in [-0.4, -0.2) is 67.9 Å². The molecule has 0 atom stereocenters. The molecule has 0 radical (unpaired) electrons. The third-order valence-electron chi connectivity index (χ3n) is 3.40. The first-order valence-corrected chi connectivity index (χ1v) is 6.65. The van der Waals surface area contributed by atoms with Crippen LogP contribution >= 0.6 is 0 Å². The van der Waals surface area contributed by atoms with Gasteiger partial charge in [0.15, 0.2) is 5.76 Å². The number of nitrogens with two attached hydrogens (primary N) is 1. The summed E-state index contributed by atoms with van der Waals surface area (Å²) in [5, 5.41) is 3.29. The molecule has 20 heavy (non-hydrogen) atoms. The highest BCUT2D eigenvalue weighted by Crippen LogP contribution is 2.09. The largest absolute Gasteiger partial charge is 0.458 e. The highest BCUT2D eigenvalue weighted by molar-refractivity contribution is 5.97. The van der Waals surface area contributed by atoms with Crippen molar-refractivity contribution in [3.63, 3.8) is 0 Å². The van der Waals surface area contributed by atoms with Gasteiger partial charge in [0.25, 0.3) is 11.8 Å². The maximum Gasteiger partial charge on any atom is 0.284 e. The highest BCUT2D eigenvalue weighted by Gasteiger charge is 2.18. The predicted octanol–water partition coefficient (Wildman–Crippen LogP) is -0.644. The number of piperazine rings is 1. The molecule has 3 N–H and O–H groups in total. The molecular weight excluding hydrogens is 260 g/mol. The molecule has 2 rings (SSSR count). The third-order valence-corrected chi connectivity index (χ3v) is 3.40. The van der Waals surface area contributed by atoms with Gasteiger partial charge < -0.3 is 20.4 Å². The van der Waals surface area contributed by atoms with E-state index >= 15 is 0 Å². The number of rotatable bonds is 5. The lowest BCUT2D eigenvalue weighted by molar-refractivity contribution is 0.0774. The molecule has 2 amide bonds. The molecular formula is C13H20N4O3. The first-order chi connectivity index (χ1) is 9.58. The zero-order valence-electron chi connectivity index (χ0n) is 11.6. The van der Waals surface area contributed by atoms with E-state index in [0.29, 0.717) is 12.1 Å². The Morgan fingerprint density at radius 3 is 2.75 bits per heavy atom. The van der Waals surface area contributed by atoms with Gasteiger partial charge in [-0.25, -0.2) is 0 Å². The van der Waals surface area contributed by atoms with E-state index in [0.717, 1.165) is 32.7 Å². The molecule has 1 aromatic rings. The summed E-state index contributed by atoms with van der Waals surface area (Å²) in [6, 6.07) is 1.38. The van der Waals surface area contributed by atoms with E-state index in [1.54, 1.807) is 11.9 Å². The van der Waals surface area contributed by atoms with Crippen LogP contribution in [0.3, 0.4) is 0 Å². The smallest absolute Gasteiger partial charge is 0.284 e. The standard InChI is InChI=1S/C13H20N4O3/c1-16(6-7-17-4-2-15-3-5-17)13(19)10-8-11(12(14)18)20-9-10/h8-9,15H,2-7H2,1H3,(H2,14,18). The Morgan fingerprint density at radius 1 is 1.45 bits per heavy atom. The first kappa shape index (κ1) is 14.5. The fraction of sp³-hybridized carbons (Fsp3) is 0.538. The number of nitrogens with one attached hydrogen (secondary N) is 1. The highest BCUT2D eigenvalue weighted by atomic mass is 16.3. The first-order valence-electron chi connectivity index (χ1n) is 6.65. The minimum Gasteiger partial charge on any atom is -0.458 e. The van der Waals surface area contributed by atoms with Crippen LogP contribution in [0.5, 0.6) is 0 Å². The molecule has 110 valence electrons. The Kier molecular flexibility index (Phi) is 4.75.